The molecule has 1 aromatic heterocycles. The average molecular weight is 528 g/mol. The van der Waals surface area contributed by atoms with Crippen molar-refractivity contribution in [2.24, 2.45) is 17.8 Å². The van der Waals surface area contributed by atoms with Gasteiger partial charge < -0.3 is 25.5 Å². The molecule has 4 rings (SSSR count). The maximum atomic E-state index is 14.3. The maximum absolute atomic E-state index is 14.3. The monoisotopic (exact) mass is 527 g/mol. The highest BCUT2D eigenvalue weighted by Crippen LogP contribution is 2.30. The summed E-state index contributed by atoms with van der Waals surface area (Å²) in [5, 5.41) is 15.3. The van der Waals surface area contributed by atoms with Crippen LogP contribution in [0.25, 0.3) is 10.9 Å². The fourth-order valence-corrected chi connectivity index (χ4v) is 5.95. The zero-order valence-corrected chi connectivity index (χ0v) is 22.7. The van der Waals surface area contributed by atoms with Crippen molar-refractivity contribution in [2.45, 2.75) is 51.1 Å². The van der Waals surface area contributed by atoms with Crippen LogP contribution >= 0.6 is 0 Å². The average Bonchev–Trinajstić information content (AvgIpc) is 2.90. The molecule has 208 valence electrons. The molecule has 1 aromatic carbocycles. The molecule has 2 amide bonds. The third-order valence-electron chi connectivity index (χ3n) is 8.10. The van der Waals surface area contributed by atoms with Crippen molar-refractivity contribution >= 4 is 28.7 Å². The number of carbonyl (C=O) groups is 2. The molecule has 2 aliphatic rings. The van der Waals surface area contributed by atoms with Crippen LogP contribution in [-0.4, -0.2) is 80.0 Å². The number of amides is 2. The van der Waals surface area contributed by atoms with Crippen LogP contribution in [0.15, 0.2) is 30.3 Å². The predicted molar refractivity (Wildman–Crippen MR) is 149 cm³/mol. The lowest BCUT2D eigenvalue weighted by Crippen LogP contribution is -2.36. The van der Waals surface area contributed by atoms with Gasteiger partial charge in [-0.15, -0.1) is 0 Å². The lowest BCUT2D eigenvalue weighted by molar-refractivity contribution is 0.0942. The Morgan fingerprint density at radius 3 is 2.29 bits per heavy atom. The quantitative estimate of drug-likeness (QED) is 0.420. The Kier molecular flexibility index (Phi) is 9.77. The summed E-state index contributed by atoms with van der Waals surface area (Å²) in [6.45, 7) is 3.21. The van der Waals surface area contributed by atoms with Gasteiger partial charge in [0.25, 0.3) is 5.91 Å². The molecular formula is C29H42FN5O3. The largest absolute Gasteiger partial charge is 0.465 e. The SMILES string of the molecule is CN(C)CC(F)CC1CCN(c2cc(C(=O)NC[C@H]3CC[C@H](CNC(=O)O)CC3)c3ccccc3n2)CC1. The van der Waals surface area contributed by atoms with E-state index in [2.05, 4.69) is 15.5 Å². The van der Waals surface area contributed by atoms with Crippen molar-refractivity contribution in [1.29, 1.82) is 0 Å². The molecule has 0 radical (unpaired) electrons. The van der Waals surface area contributed by atoms with Crippen molar-refractivity contribution in [3.05, 3.63) is 35.9 Å². The molecule has 1 aliphatic carbocycles. The molecule has 1 aliphatic heterocycles. The number of rotatable bonds is 10. The molecule has 9 heteroatoms. The Hall–Kier alpha value is -2.94. The van der Waals surface area contributed by atoms with Gasteiger partial charge in [-0.2, -0.15) is 0 Å². The first kappa shape index (κ1) is 28.1. The molecule has 1 saturated heterocycles. The fourth-order valence-electron chi connectivity index (χ4n) is 5.95. The third-order valence-corrected chi connectivity index (χ3v) is 8.10. The minimum atomic E-state index is -0.971. The number of piperidine rings is 1. The number of para-hydroxylation sites is 1. The van der Waals surface area contributed by atoms with E-state index in [-0.39, 0.29) is 5.91 Å². The molecule has 38 heavy (non-hydrogen) atoms. The normalized spacial score (nSPS) is 21.4. The highest BCUT2D eigenvalue weighted by molar-refractivity contribution is 6.07. The topological polar surface area (TPSA) is 97.8 Å². The van der Waals surface area contributed by atoms with Crippen LogP contribution in [0.4, 0.5) is 15.0 Å². The smallest absolute Gasteiger partial charge is 0.404 e. The van der Waals surface area contributed by atoms with E-state index in [4.69, 9.17) is 10.1 Å². The third kappa shape index (κ3) is 7.79. The summed E-state index contributed by atoms with van der Waals surface area (Å²) in [6, 6.07) is 9.68. The Balaban J connectivity index is 1.35. The number of carbonyl (C=O) groups excluding carboxylic acids is 1. The van der Waals surface area contributed by atoms with Crippen molar-refractivity contribution in [3.8, 4) is 0 Å². The number of aromatic nitrogens is 1. The minimum absolute atomic E-state index is 0.0849. The molecule has 2 fully saturated rings. The molecule has 2 heterocycles. The fraction of sp³-hybridized carbons (Fsp3) is 0.621. The standard InChI is InChI=1S/C29H42FN5O3/c1-34(2)19-23(30)15-20-11-13-35(14-12-20)27-16-25(24-5-3-4-6-26(24)33-27)28(36)31-17-21-7-9-22(10-8-21)18-32-29(37)38/h3-6,16,20-23,32H,7-15,17-19H2,1-2H3,(H,31,36)(H,37,38)/t21-,22-,23?. The van der Waals surface area contributed by atoms with Crippen LogP contribution in [0, 0.1) is 17.8 Å². The number of nitrogens with one attached hydrogen (secondary N) is 2. The highest BCUT2D eigenvalue weighted by atomic mass is 19.1. The zero-order chi connectivity index (χ0) is 27.1. The van der Waals surface area contributed by atoms with Gasteiger partial charge in [0, 0.05) is 38.1 Å². The minimum Gasteiger partial charge on any atom is -0.465 e. The van der Waals surface area contributed by atoms with Crippen LogP contribution in [0.1, 0.15) is 55.3 Å². The van der Waals surface area contributed by atoms with Crippen LogP contribution in [0.5, 0.6) is 0 Å². The molecule has 2 aromatic rings. The molecule has 0 bridgehead atoms. The number of benzene rings is 1. The first-order chi connectivity index (χ1) is 18.3. The van der Waals surface area contributed by atoms with E-state index in [9.17, 15) is 14.0 Å². The van der Waals surface area contributed by atoms with Gasteiger partial charge in [0.2, 0.25) is 0 Å². The summed E-state index contributed by atoms with van der Waals surface area (Å²) in [5.41, 5.74) is 1.44. The predicted octanol–water partition coefficient (Wildman–Crippen LogP) is 4.54. The van der Waals surface area contributed by atoms with E-state index < -0.39 is 12.3 Å². The molecule has 1 atom stereocenters. The lowest BCUT2D eigenvalue weighted by Gasteiger charge is -2.34. The number of hydrogen-bond acceptors (Lipinski definition) is 5. The molecule has 1 unspecified atom stereocenters. The Bertz CT molecular complexity index is 1080. The molecule has 8 nitrogen and oxygen atoms in total. The van der Waals surface area contributed by atoms with Crippen molar-refractivity contribution in [3.63, 3.8) is 0 Å². The summed E-state index contributed by atoms with van der Waals surface area (Å²) in [6.07, 6.45) is 4.59. The number of fused-ring (bicyclic) bond motifs is 1. The van der Waals surface area contributed by atoms with Crippen LogP contribution < -0.4 is 15.5 Å². The summed E-state index contributed by atoms with van der Waals surface area (Å²) >= 11 is 0. The Morgan fingerprint density at radius 2 is 1.66 bits per heavy atom. The number of halogens is 1. The Labute approximate surface area is 225 Å². The van der Waals surface area contributed by atoms with E-state index in [1.807, 2.05) is 49.3 Å². The maximum Gasteiger partial charge on any atom is 0.404 e. The summed E-state index contributed by atoms with van der Waals surface area (Å²) < 4.78 is 14.3. The van der Waals surface area contributed by atoms with Gasteiger partial charge in [-0.05, 0) is 88.9 Å². The summed E-state index contributed by atoms with van der Waals surface area (Å²) in [4.78, 5) is 33.1. The van der Waals surface area contributed by atoms with E-state index in [0.29, 0.717) is 49.4 Å². The summed E-state index contributed by atoms with van der Waals surface area (Å²) in [7, 11) is 3.81. The second-order valence-corrected chi connectivity index (χ2v) is 11.4. The zero-order valence-electron chi connectivity index (χ0n) is 22.7. The number of anilines is 1. The molecule has 0 spiro atoms. The van der Waals surface area contributed by atoms with E-state index >= 15 is 0 Å². The number of carboxylic acid groups (broad SMARTS) is 1. The van der Waals surface area contributed by atoms with Crippen molar-refractivity contribution in [2.75, 3.05) is 51.7 Å². The number of alkyl halides is 1. The Morgan fingerprint density at radius 1 is 1.03 bits per heavy atom. The second kappa shape index (κ2) is 13.2. The first-order valence-corrected chi connectivity index (χ1v) is 14.0. The van der Waals surface area contributed by atoms with Gasteiger partial charge in [0.05, 0.1) is 11.1 Å². The van der Waals surface area contributed by atoms with Gasteiger partial charge in [0.1, 0.15) is 12.0 Å². The van der Waals surface area contributed by atoms with E-state index in [0.717, 1.165) is 68.3 Å². The molecular weight excluding hydrogens is 485 g/mol. The van der Waals surface area contributed by atoms with Crippen LogP contribution in [0.2, 0.25) is 0 Å². The van der Waals surface area contributed by atoms with Crippen LogP contribution in [-0.2, 0) is 0 Å². The second-order valence-electron chi connectivity index (χ2n) is 11.4. The number of nitrogens with zero attached hydrogens (tertiary/aromatic N) is 3. The van der Waals surface area contributed by atoms with Crippen molar-refractivity contribution in [1.82, 2.24) is 20.5 Å². The lowest BCUT2D eigenvalue weighted by atomic mass is 9.82. The van der Waals surface area contributed by atoms with Gasteiger partial charge in [0.15, 0.2) is 0 Å². The van der Waals surface area contributed by atoms with E-state index in [1.54, 1.807) is 0 Å². The van der Waals surface area contributed by atoms with Gasteiger partial charge in [-0.25, -0.2) is 14.2 Å². The first-order valence-electron chi connectivity index (χ1n) is 14.0. The summed E-state index contributed by atoms with van der Waals surface area (Å²) in [5.74, 6) is 1.87. The number of pyridine rings is 1. The van der Waals surface area contributed by atoms with E-state index in [1.165, 1.54) is 0 Å². The molecule has 1 saturated carbocycles. The number of hydrogen-bond donors (Lipinski definition) is 3. The van der Waals surface area contributed by atoms with Crippen molar-refractivity contribution < 1.29 is 19.1 Å². The van der Waals surface area contributed by atoms with Gasteiger partial charge in [-0.3, -0.25) is 4.79 Å². The van der Waals surface area contributed by atoms with Gasteiger partial charge >= 0.3 is 6.09 Å². The van der Waals surface area contributed by atoms with Gasteiger partial charge in [-0.1, -0.05) is 18.2 Å². The highest BCUT2D eigenvalue weighted by Gasteiger charge is 2.26. The van der Waals surface area contributed by atoms with Crippen LogP contribution in [0.3, 0.4) is 0 Å². The molecule has 3 N–H and O–H groups in total.